The van der Waals surface area contributed by atoms with Gasteiger partial charge in [-0.25, -0.2) is 8.42 Å². The number of rotatable bonds is 7. The van der Waals surface area contributed by atoms with Crippen molar-refractivity contribution in [2.75, 3.05) is 4.72 Å². The number of carbonyl (C=O) groups excluding carboxylic acids is 1. The fourth-order valence-electron chi connectivity index (χ4n) is 3.53. The predicted molar refractivity (Wildman–Crippen MR) is 125 cm³/mol. The third kappa shape index (κ3) is 5.52. The Hall–Kier alpha value is -3.12. The van der Waals surface area contributed by atoms with Gasteiger partial charge in [-0.3, -0.25) is 9.52 Å². The summed E-state index contributed by atoms with van der Waals surface area (Å²) in [6.07, 6.45) is 0. The summed E-state index contributed by atoms with van der Waals surface area (Å²) in [6, 6.07) is 20.7. The molecule has 3 aromatic carbocycles. The van der Waals surface area contributed by atoms with Crippen LogP contribution in [0.1, 0.15) is 46.9 Å². The first-order valence-electron chi connectivity index (χ1n) is 10.2. The summed E-state index contributed by atoms with van der Waals surface area (Å²) in [6.45, 7) is 8.17. The minimum absolute atomic E-state index is 0.0385. The van der Waals surface area contributed by atoms with Gasteiger partial charge >= 0.3 is 0 Å². The van der Waals surface area contributed by atoms with Crippen LogP contribution in [0, 0.1) is 19.8 Å². The van der Waals surface area contributed by atoms with Crippen LogP contribution in [0.4, 0.5) is 5.69 Å². The van der Waals surface area contributed by atoms with E-state index in [1.54, 1.807) is 36.4 Å². The van der Waals surface area contributed by atoms with Gasteiger partial charge in [0.15, 0.2) is 0 Å². The van der Waals surface area contributed by atoms with Crippen LogP contribution in [0.5, 0.6) is 0 Å². The quantitative estimate of drug-likeness (QED) is 0.532. The number of para-hydroxylation sites is 1. The molecular weight excluding hydrogens is 408 g/mol. The second kappa shape index (κ2) is 9.35. The van der Waals surface area contributed by atoms with Crippen molar-refractivity contribution < 1.29 is 13.2 Å². The third-order valence-electron chi connectivity index (χ3n) is 5.15. The van der Waals surface area contributed by atoms with Gasteiger partial charge in [-0.05, 0) is 61.2 Å². The number of hydrogen-bond acceptors (Lipinski definition) is 3. The van der Waals surface area contributed by atoms with E-state index in [0.29, 0.717) is 11.3 Å². The van der Waals surface area contributed by atoms with Crippen molar-refractivity contribution in [1.29, 1.82) is 0 Å². The number of benzene rings is 3. The minimum Gasteiger partial charge on any atom is -0.345 e. The standard InChI is InChI=1S/C25H28N2O3S/c1-17(2)24(23-14-13-18(3)15-19(23)4)26-25(28)20-9-8-12-22(16-20)31(29,30)27-21-10-6-5-7-11-21/h5-17,24,27H,1-4H3,(H,26,28). The van der Waals surface area contributed by atoms with Gasteiger partial charge in [-0.1, -0.05) is 61.9 Å². The summed E-state index contributed by atoms with van der Waals surface area (Å²) in [7, 11) is -3.81. The van der Waals surface area contributed by atoms with Crippen molar-refractivity contribution in [3.63, 3.8) is 0 Å². The maximum Gasteiger partial charge on any atom is 0.261 e. The van der Waals surface area contributed by atoms with Crippen molar-refractivity contribution in [1.82, 2.24) is 5.32 Å². The molecule has 0 saturated heterocycles. The van der Waals surface area contributed by atoms with E-state index in [1.165, 1.54) is 17.7 Å². The molecule has 0 heterocycles. The van der Waals surface area contributed by atoms with Crippen LogP contribution >= 0.6 is 0 Å². The highest BCUT2D eigenvalue weighted by molar-refractivity contribution is 7.92. The molecular formula is C25H28N2O3S. The molecule has 5 nitrogen and oxygen atoms in total. The highest BCUT2D eigenvalue weighted by Crippen LogP contribution is 2.26. The van der Waals surface area contributed by atoms with Crippen molar-refractivity contribution in [3.05, 3.63) is 95.1 Å². The SMILES string of the molecule is Cc1ccc(C(NC(=O)c2cccc(S(=O)(=O)Nc3ccccc3)c2)C(C)C)c(C)c1. The molecule has 31 heavy (non-hydrogen) atoms. The molecule has 6 heteroatoms. The van der Waals surface area contributed by atoms with Crippen LogP contribution in [0.3, 0.4) is 0 Å². The van der Waals surface area contributed by atoms with Gasteiger partial charge in [0.25, 0.3) is 15.9 Å². The molecule has 0 bridgehead atoms. The van der Waals surface area contributed by atoms with E-state index in [-0.39, 0.29) is 22.8 Å². The Balaban J connectivity index is 1.85. The molecule has 3 rings (SSSR count). The van der Waals surface area contributed by atoms with Gasteiger partial charge < -0.3 is 5.32 Å². The molecule has 0 radical (unpaired) electrons. The normalized spacial score (nSPS) is 12.4. The topological polar surface area (TPSA) is 75.3 Å². The monoisotopic (exact) mass is 436 g/mol. The number of nitrogens with one attached hydrogen (secondary N) is 2. The largest absolute Gasteiger partial charge is 0.345 e. The molecule has 0 saturated carbocycles. The van der Waals surface area contributed by atoms with E-state index in [9.17, 15) is 13.2 Å². The van der Waals surface area contributed by atoms with Crippen LogP contribution in [0.15, 0.2) is 77.7 Å². The Labute approximate surface area is 184 Å². The molecule has 0 fully saturated rings. The first-order valence-corrected chi connectivity index (χ1v) is 11.7. The van der Waals surface area contributed by atoms with E-state index >= 15 is 0 Å². The maximum absolute atomic E-state index is 13.0. The van der Waals surface area contributed by atoms with E-state index < -0.39 is 10.0 Å². The van der Waals surface area contributed by atoms with Gasteiger partial charge in [-0.15, -0.1) is 0 Å². The Kier molecular flexibility index (Phi) is 6.81. The lowest BCUT2D eigenvalue weighted by molar-refractivity contribution is 0.0925. The Bertz CT molecular complexity index is 1170. The first kappa shape index (κ1) is 22.6. The average Bonchev–Trinajstić information content (AvgIpc) is 2.73. The zero-order valence-corrected chi connectivity index (χ0v) is 19.0. The second-order valence-electron chi connectivity index (χ2n) is 8.05. The molecule has 0 aliphatic heterocycles. The van der Waals surface area contributed by atoms with E-state index in [0.717, 1.165) is 11.1 Å². The summed E-state index contributed by atoms with van der Waals surface area (Å²) in [5.74, 6) is -0.146. The molecule has 0 aliphatic carbocycles. The van der Waals surface area contributed by atoms with Crippen LogP contribution in [0.2, 0.25) is 0 Å². The van der Waals surface area contributed by atoms with Crippen LogP contribution < -0.4 is 10.0 Å². The summed E-state index contributed by atoms with van der Waals surface area (Å²) < 4.78 is 28.1. The number of amides is 1. The van der Waals surface area contributed by atoms with Crippen LogP contribution in [-0.4, -0.2) is 14.3 Å². The van der Waals surface area contributed by atoms with Gasteiger partial charge in [0, 0.05) is 11.3 Å². The molecule has 3 aromatic rings. The third-order valence-corrected chi connectivity index (χ3v) is 6.53. The van der Waals surface area contributed by atoms with Gasteiger partial charge in [0.2, 0.25) is 0 Å². The van der Waals surface area contributed by atoms with Crippen molar-refractivity contribution in [3.8, 4) is 0 Å². The summed E-state index contributed by atoms with van der Waals surface area (Å²) in [5, 5.41) is 3.08. The van der Waals surface area contributed by atoms with Crippen molar-refractivity contribution >= 4 is 21.6 Å². The Morgan fingerprint density at radius 3 is 2.23 bits per heavy atom. The van der Waals surface area contributed by atoms with Gasteiger partial charge in [0.05, 0.1) is 10.9 Å². The van der Waals surface area contributed by atoms with Crippen LogP contribution in [-0.2, 0) is 10.0 Å². The molecule has 1 atom stereocenters. The Morgan fingerprint density at radius 1 is 0.871 bits per heavy atom. The van der Waals surface area contributed by atoms with E-state index in [2.05, 4.69) is 30.0 Å². The number of aryl methyl sites for hydroxylation is 2. The van der Waals surface area contributed by atoms with Gasteiger partial charge in [-0.2, -0.15) is 0 Å². The predicted octanol–water partition coefficient (Wildman–Crippen LogP) is 5.23. The van der Waals surface area contributed by atoms with E-state index in [1.807, 2.05) is 32.0 Å². The summed E-state index contributed by atoms with van der Waals surface area (Å²) in [4.78, 5) is 13.1. The van der Waals surface area contributed by atoms with Crippen LogP contribution in [0.25, 0.3) is 0 Å². The van der Waals surface area contributed by atoms with Gasteiger partial charge in [0.1, 0.15) is 0 Å². The summed E-state index contributed by atoms with van der Waals surface area (Å²) in [5.41, 5.74) is 4.10. The number of hydrogen-bond donors (Lipinski definition) is 2. The maximum atomic E-state index is 13.0. The smallest absolute Gasteiger partial charge is 0.261 e. The fourth-order valence-corrected chi connectivity index (χ4v) is 4.63. The second-order valence-corrected chi connectivity index (χ2v) is 9.74. The molecule has 0 spiro atoms. The van der Waals surface area contributed by atoms with E-state index in [4.69, 9.17) is 0 Å². The minimum atomic E-state index is -3.81. The number of carbonyl (C=O) groups is 1. The fraction of sp³-hybridized carbons (Fsp3) is 0.240. The lowest BCUT2D eigenvalue weighted by Gasteiger charge is -2.25. The highest BCUT2D eigenvalue weighted by atomic mass is 32.2. The number of sulfonamides is 1. The molecule has 0 aromatic heterocycles. The number of anilines is 1. The highest BCUT2D eigenvalue weighted by Gasteiger charge is 2.22. The first-order chi connectivity index (χ1) is 14.7. The van der Waals surface area contributed by atoms with Crippen molar-refractivity contribution in [2.24, 2.45) is 5.92 Å². The lowest BCUT2D eigenvalue weighted by atomic mass is 9.91. The molecule has 1 unspecified atom stereocenters. The molecule has 0 aliphatic rings. The average molecular weight is 437 g/mol. The Morgan fingerprint density at radius 2 is 1.58 bits per heavy atom. The van der Waals surface area contributed by atoms with Crippen molar-refractivity contribution in [2.45, 2.75) is 38.6 Å². The zero-order chi connectivity index (χ0) is 22.6. The molecule has 162 valence electrons. The lowest BCUT2D eigenvalue weighted by Crippen LogP contribution is -2.32. The molecule has 2 N–H and O–H groups in total. The zero-order valence-electron chi connectivity index (χ0n) is 18.2. The summed E-state index contributed by atoms with van der Waals surface area (Å²) >= 11 is 0. The molecule has 1 amide bonds.